The highest BCUT2D eigenvalue weighted by Gasteiger charge is 2.45. The molecule has 0 spiro atoms. The fraction of sp³-hybridized carbons (Fsp3) is 0. The minimum absolute atomic E-state index is 0.362. The molecule has 0 amide bonds. The maximum atomic E-state index is 7.57. The van der Waals surface area contributed by atoms with E-state index in [2.05, 4.69) is 0 Å². The van der Waals surface area contributed by atoms with E-state index in [1.54, 1.807) is 146 Å². The molecule has 0 bridgehead atoms. The third kappa shape index (κ3) is 9.53. The largest absolute Gasteiger partial charge is 0.457 e. The van der Waals surface area contributed by atoms with Crippen molar-refractivity contribution in [3.8, 4) is 34.5 Å². The summed E-state index contributed by atoms with van der Waals surface area (Å²) in [6, 6.07) is 53.5. The average Bonchev–Trinajstić information content (AvgIpc) is 3.13. The van der Waals surface area contributed by atoms with E-state index >= 15 is 0 Å². The van der Waals surface area contributed by atoms with Gasteiger partial charge in [0.15, 0.2) is 0 Å². The minimum atomic E-state index is -4.09. The zero-order valence-corrected chi connectivity index (χ0v) is 32.2. The van der Waals surface area contributed by atoms with Crippen molar-refractivity contribution in [2.24, 2.45) is 18.1 Å². The first-order chi connectivity index (χ1) is 25.3. The summed E-state index contributed by atoms with van der Waals surface area (Å²) in [6.45, 7) is -8.10. The van der Waals surface area contributed by atoms with Crippen molar-refractivity contribution in [2.45, 2.75) is 0 Å². The lowest BCUT2D eigenvalue weighted by Gasteiger charge is -2.30. The molecule has 0 saturated heterocycles. The Morgan fingerprint density at radius 1 is 0.269 bits per heavy atom. The maximum absolute atomic E-state index is 7.57. The summed E-state index contributed by atoms with van der Waals surface area (Å²) in [5.74, 6) is 2.20. The topological polar surface area (TPSA) is 105 Å². The molecule has 264 valence electrons. The van der Waals surface area contributed by atoms with E-state index < -0.39 is 28.9 Å². The zero-order valence-electron chi connectivity index (χ0n) is 27.1. The normalized spacial score (nSPS) is 20.0. The second kappa shape index (κ2) is 16.1. The van der Waals surface area contributed by atoms with Crippen LogP contribution in [0.3, 0.4) is 0 Å². The third-order valence-corrected chi connectivity index (χ3v) is 19.4. The van der Waals surface area contributed by atoms with E-state index in [4.69, 9.17) is 67.7 Å². The van der Waals surface area contributed by atoms with Crippen LogP contribution in [-0.2, 0) is 0 Å². The molecular weight excluding hydrogens is 779 g/mol. The van der Waals surface area contributed by atoms with Crippen molar-refractivity contribution in [2.75, 3.05) is 0 Å². The number of para-hydroxylation sites is 6. The Morgan fingerprint density at radius 3 is 0.673 bits per heavy atom. The van der Waals surface area contributed by atoms with Crippen molar-refractivity contribution < 1.29 is 27.1 Å². The Hall–Kier alpha value is -4.38. The van der Waals surface area contributed by atoms with Crippen molar-refractivity contribution >= 4 is 51.4 Å². The van der Waals surface area contributed by atoms with Gasteiger partial charge in [0, 0.05) is 0 Å². The molecule has 2 unspecified atom stereocenters. The van der Waals surface area contributed by atoms with Crippen LogP contribution in [0.4, 0.5) is 0 Å². The monoisotopic (exact) mass is 808 g/mol. The van der Waals surface area contributed by atoms with Crippen molar-refractivity contribution in [3.05, 3.63) is 182 Å². The first-order valence-electron chi connectivity index (χ1n) is 15.7. The van der Waals surface area contributed by atoms with Crippen molar-refractivity contribution in [3.63, 3.8) is 0 Å². The smallest absolute Gasteiger partial charge is 0.431 e. The Morgan fingerprint density at radius 2 is 0.462 bits per heavy atom. The maximum Gasteiger partial charge on any atom is 0.457 e. The summed E-state index contributed by atoms with van der Waals surface area (Å²) in [7, 11) is -8.18. The molecule has 0 aromatic heterocycles. The number of hydrogen-bond acceptors (Lipinski definition) is 10. The van der Waals surface area contributed by atoms with Crippen LogP contribution in [-0.4, -0.2) is 0 Å². The molecule has 0 aliphatic carbocycles. The van der Waals surface area contributed by atoms with Crippen LogP contribution in [0.5, 0.6) is 34.5 Å². The second-order valence-corrected chi connectivity index (χ2v) is 21.2. The molecule has 0 N–H and O–H groups in total. The fourth-order valence-electron chi connectivity index (χ4n) is 4.59. The molecule has 16 heteroatoms. The number of hydrogen-bond donors (Lipinski definition) is 0. The van der Waals surface area contributed by atoms with Crippen molar-refractivity contribution in [1.82, 2.24) is 0 Å². The first-order valence-corrected chi connectivity index (χ1v) is 23.8. The number of nitrogens with zero attached hydrogens (tertiary/aromatic N) is 4. The molecule has 1 heterocycles. The van der Waals surface area contributed by atoms with Gasteiger partial charge in [-0.2, -0.15) is 0 Å². The van der Waals surface area contributed by atoms with Crippen LogP contribution in [0.1, 0.15) is 0 Å². The predicted molar refractivity (Wildman–Crippen MR) is 212 cm³/mol. The Kier molecular flexibility index (Phi) is 11.1. The summed E-state index contributed by atoms with van der Waals surface area (Å²) >= 11 is 15.1. The van der Waals surface area contributed by atoms with Gasteiger partial charge in [-0.1, -0.05) is 109 Å². The van der Waals surface area contributed by atoms with E-state index in [0.29, 0.717) is 34.5 Å². The zero-order chi connectivity index (χ0) is 35.7. The van der Waals surface area contributed by atoms with Crippen LogP contribution < -0.4 is 27.1 Å². The van der Waals surface area contributed by atoms with Crippen LogP contribution in [0.15, 0.2) is 200 Å². The molecule has 6 aromatic carbocycles. The first kappa shape index (κ1) is 36.0. The summed E-state index contributed by atoms with van der Waals surface area (Å²) in [5, 5.41) is 0. The number of benzene rings is 6. The standard InChI is InChI=1S/C36H30Cl2N4O6P4/c37-49(43-31-19-7-1-8-20-31)39-51(45-33-23-11-3-12-24-33,46-34-25-13-4-14-26-34)41-50(38,44-32-21-9-2-10-22-32)42-52(40-49,47-35-27-15-5-16-28-35)48-36-29-17-6-18-30-36/h1-30H. The third-order valence-electron chi connectivity index (χ3n) is 6.69. The summed E-state index contributed by atoms with van der Waals surface area (Å²) < 4.78 is 59.8. The summed E-state index contributed by atoms with van der Waals surface area (Å²) in [4.78, 5) is 0. The molecule has 7 rings (SSSR count). The van der Waals surface area contributed by atoms with Gasteiger partial charge in [0.05, 0.1) is 0 Å². The Bertz CT molecular complexity index is 2070. The van der Waals surface area contributed by atoms with E-state index in [1.807, 2.05) is 36.4 Å². The van der Waals surface area contributed by atoms with Gasteiger partial charge in [-0.3, -0.25) is 0 Å². The van der Waals surface area contributed by atoms with E-state index in [-0.39, 0.29) is 0 Å². The van der Waals surface area contributed by atoms with E-state index in [0.717, 1.165) is 0 Å². The minimum Gasteiger partial charge on any atom is -0.431 e. The van der Waals surface area contributed by atoms with Gasteiger partial charge in [0.25, 0.3) is 0 Å². The highest BCUT2D eigenvalue weighted by molar-refractivity contribution is 7.97. The van der Waals surface area contributed by atoms with Gasteiger partial charge in [-0.05, 0) is 95.3 Å². The Labute approximate surface area is 311 Å². The number of rotatable bonds is 12. The molecule has 10 nitrogen and oxygen atoms in total. The summed E-state index contributed by atoms with van der Waals surface area (Å²) in [6.07, 6.45) is 0. The molecular formula is C36H30Cl2N4O6P4. The molecule has 2 atom stereocenters. The summed E-state index contributed by atoms with van der Waals surface area (Å²) in [5.41, 5.74) is 0. The lowest BCUT2D eigenvalue weighted by molar-refractivity contribution is 0.473. The highest BCUT2D eigenvalue weighted by atomic mass is 35.7. The highest BCUT2D eigenvalue weighted by Crippen LogP contribution is 2.81. The molecule has 1 aliphatic heterocycles. The van der Waals surface area contributed by atoms with E-state index in [1.165, 1.54) is 0 Å². The van der Waals surface area contributed by atoms with Gasteiger partial charge >= 0.3 is 28.9 Å². The van der Waals surface area contributed by atoms with Gasteiger partial charge in [0.2, 0.25) is 0 Å². The van der Waals surface area contributed by atoms with E-state index in [9.17, 15) is 0 Å². The molecule has 0 radical (unpaired) electrons. The van der Waals surface area contributed by atoms with Crippen LogP contribution in [0, 0.1) is 0 Å². The van der Waals surface area contributed by atoms with Gasteiger partial charge in [0.1, 0.15) is 34.5 Å². The van der Waals surface area contributed by atoms with Crippen LogP contribution >= 0.6 is 51.4 Å². The lowest BCUT2D eigenvalue weighted by atomic mass is 10.3. The SMILES string of the molecule is ClP1(Oc2ccccc2)=NP(Oc2ccccc2)(Oc2ccccc2)=NP(Cl)(Oc2ccccc2)=NP(Oc2ccccc2)(Oc2ccccc2)=N1. The predicted octanol–water partition coefficient (Wildman–Crippen LogP) is 14.7. The number of halogens is 2. The Balaban J connectivity index is 1.57. The van der Waals surface area contributed by atoms with Crippen LogP contribution in [0.25, 0.3) is 0 Å². The quantitative estimate of drug-likeness (QED) is 0.114. The molecule has 0 fully saturated rings. The lowest BCUT2D eigenvalue weighted by Crippen LogP contribution is -2.05. The molecule has 52 heavy (non-hydrogen) atoms. The molecule has 6 aromatic rings. The van der Waals surface area contributed by atoms with Crippen molar-refractivity contribution in [1.29, 1.82) is 0 Å². The fourth-order valence-corrected chi connectivity index (χ4v) is 18.7. The van der Waals surface area contributed by atoms with Gasteiger partial charge < -0.3 is 27.1 Å². The van der Waals surface area contributed by atoms with Gasteiger partial charge in [-0.15, -0.1) is 18.1 Å². The molecule has 0 saturated carbocycles. The van der Waals surface area contributed by atoms with Gasteiger partial charge in [-0.25, -0.2) is 0 Å². The van der Waals surface area contributed by atoms with Crippen LogP contribution in [0.2, 0.25) is 0 Å². The molecule has 1 aliphatic rings. The second-order valence-electron chi connectivity index (χ2n) is 10.7. The average molecular weight is 809 g/mol.